The molecule has 2 heterocycles. The van der Waals surface area contributed by atoms with Gasteiger partial charge in [0.25, 0.3) is 5.95 Å². The van der Waals surface area contributed by atoms with Crippen LogP contribution in [-0.2, 0) is 6.54 Å². The molecule has 0 saturated heterocycles. The summed E-state index contributed by atoms with van der Waals surface area (Å²) in [5.41, 5.74) is 3.99. The number of aromatic nitrogens is 3. The van der Waals surface area contributed by atoms with Gasteiger partial charge in [0, 0.05) is 18.7 Å². The second kappa shape index (κ2) is 13.0. The Morgan fingerprint density at radius 3 is 2.25 bits per heavy atom. The van der Waals surface area contributed by atoms with Crippen LogP contribution < -0.4 is 9.64 Å². The Bertz CT molecular complexity index is 1550. The van der Waals surface area contributed by atoms with Crippen LogP contribution in [0.2, 0.25) is 0 Å². The van der Waals surface area contributed by atoms with Crippen LogP contribution in [0.1, 0.15) is 62.5 Å². The van der Waals surface area contributed by atoms with Crippen LogP contribution in [0.15, 0.2) is 58.8 Å². The SMILES string of the molecule is CCC(C)c1ccc(Cn2c(N=Nc3sc(N(CC)CC)nc3-c3ccc(OC)cc3)nc(C#N)c2C#N)cc1. The monoisotopic (exact) mass is 552 g/mol. The predicted octanol–water partition coefficient (Wildman–Crippen LogP) is 7.58. The van der Waals surface area contributed by atoms with E-state index >= 15 is 0 Å². The van der Waals surface area contributed by atoms with Crippen LogP contribution in [0.25, 0.3) is 11.3 Å². The predicted molar refractivity (Wildman–Crippen MR) is 158 cm³/mol. The Hall–Kier alpha value is -4.54. The Morgan fingerprint density at radius 2 is 1.68 bits per heavy atom. The lowest BCUT2D eigenvalue weighted by Crippen LogP contribution is -2.21. The first-order valence-electron chi connectivity index (χ1n) is 13.3. The summed E-state index contributed by atoms with van der Waals surface area (Å²) >= 11 is 1.44. The minimum atomic E-state index is 0.0242. The van der Waals surface area contributed by atoms with Crippen molar-refractivity contribution in [2.45, 2.75) is 46.6 Å². The highest BCUT2D eigenvalue weighted by Crippen LogP contribution is 2.41. The van der Waals surface area contributed by atoms with E-state index in [1.807, 2.05) is 42.5 Å². The average molecular weight is 553 g/mol. The fourth-order valence-corrected chi connectivity index (χ4v) is 5.29. The highest BCUT2D eigenvalue weighted by molar-refractivity contribution is 7.19. The van der Waals surface area contributed by atoms with Crippen molar-refractivity contribution in [3.63, 3.8) is 0 Å². The fraction of sp³-hybridized carbons (Fsp3) is 0.333. The van der Waals surface area contributed by atoms with Crippen LogP contribution in [0.4, 0.5) is 16.1 Å². The lowest BCUT2D eigenvalue weighted by atomic mass is 9.98. The lowest BCUT2D eigenvalue weighted by Gasteiger charge is -2.16. The van der Waals surface area contributed by atoms with Gasteiger partial charge in [-0.15, -0.1) is 10.2 Å². The molecule has 9 nitrogen and oxygen atoms in total. The van der Waals surface area contributed by atoms with Crippen LogP contribution in [0.5, 0.6) is 5.75 Å². The number of hydrogen-bond acceptors (Lipinski definition) is 9. The summed E-state index contributed by atoms with van der Waals surface area (Å²) < 4.78 is 6.95. The summed E-state index contributed by atoms with van der Waals surface area (Å²) in [5.74, 6) is 1.41. The van der Waals surface area contributed by atoms with Crippen LogP contribution in [0, 0.1) is 22.7 Å². The van der Waals surface area contributed by atoms with E-state index < -0.39 is 0 Å². The van der Waals surface area contributed by atoms with Gasteiger partial charge in [-0.2, -0.15) is 15.5 Å². The highest BCUT2D eigenvalue weighted by atomic mass is 32.1. The van der Waals surface area contributed by atoms with Crippen molar-refractivity contribution in [1.29, 1.82) is 10.5 Å². The third kappa shape index (κ3) is 6.03. The summed E-state index contributed by atoms with van der Waals surface area (Å²) in [7, 11) is 1.63. The molecule has 0 aliphatic carbocycles. The molecule has 0 amide bonds. The van der Waals surface area contributed by atoms with E-state index in [1.54, 1.807) is 11.7 Å². The number of nitrogens with zero attached hydrogens (tertiary/aromatic N) is 8. The van der Waals surface area contributed by atoms with Crippen LogP contribution in [0.3, 0.4) is 0 Å². The molecule has 1 atom stereocenters. The third-order valence-electron chi connectivity index (χ3n) is 6.89. The van der Waals surface area contributed by atoms with Crippen molar-refractivity contribution in [3.05, 3.63) is 71.0 Å². The van der Waals surface area contributed by atoms with Gasteiger partial charge in [-0.1, -0.05) is 49.4 Å². The Balaban J connectivity index is 1.75. The fourth-order valence-electron chi connectivity index (χ4n) is 4.25. The molecular weight excluding hydrogens is 520 g/mol. The molecule has 4 rings (SSSR count). The lowest BCUT2D eigenvalue weighted by molar-refractivity contribution is 0.415. The topological polar surface area (TPSA) is 115 Å². The third-order valence-corrected chi connectivity index (χ3v) is 7.89. The molecule has 0 fully saturated rings. The summed E-state index contributed by atoms with van der Waals surface area (Å²) in [6, 6.07) is 20.1. The molecule has 10 heteroatoms. The molecule has 0 bridgehead atoms. The number of azo groups is 1. The maximum Gasteiger partial charge on any atom is 0.252 e. The van der Waals surface area contributed by atoms with Crippen molar-refractivity contribution in [2.75, 3.05) is 25.1 Å². The number of imidazole rings is 1. The number of anilines is 1. The van der Waals surface area contributed by atoms with Crippen molar-refractivity contribution in [3.8, 4) is 29.1 Å². The maximum atomic E-state index is 9.85. The van der Waals surface area contributed by atoms with Crippen LogP contribution >= 0.6 is 11.3 Å². The van der Waals surface area contributed by atoms with E-state index in [1.165, 1.54) is 16.9 Å². The van der Waals surface area contributed by atoms with Gasteiger partial charge in [0.05, 0.1) is 13.7 Å². The van der Waals surface area contributed by atoms with Crippen molar-refractivity contribution in [2.24, 2.45) is 10.2 Å². The number of rotatable bonds is 11. The molecular formula is C30H32N8OS. The van der Waals surface area contributed by atoms with Gasteiger partial charge in [0.1, 0.15) is 23.6 Å². The summed E-state index contributed by atoms with van der Waals surface area (Å²) in [5, 5.41) is 30.0. The van der Waals surface area contributed by atoms with Gasteiger partial charge in [-0.25, -0.2) is 4.98 Å². The Morgan fingerprint density at radius 1 is 0.975 bits per heavy atom. The number of benzene rings is 2. The minimum absolute atomic E-state index is 0.0242. The molecule has 0 aliphatic rings. The quantitative estimate of drug-likeness (QED) is 0.177. The van der Waals surface area contributed by atoms with E-state index in [-0.39, 0.29) is 17.3 Å². The zero-order valence-electron chi connectivity index (χ0n) is 23.4. The van der Waals surface area contributed by atoms with Crippen molar-refractivity contribution < 1.29 is 4.74 Å². The van der Waals surface area contributed by atoms with Gasteiger partial charge < -0.3 is 9.64 Å². The van der Waals surface area contributed by atoms with Gasteiger partial charge >= 0.3 is 0 Å². The van der Waals surface area contributed by atoms with Crippen LogP contribution in [-0.4, -0.2) is 34.7 Å². The number of nitriles is 2. The minimum Gasteiger partial charge on any atom is -0.497 e. The molecule has 4 aromatic rings. The summed E-state index contributed by atoms with van der Waals surface area (Å²) in [4.78, 5) is 11.4. The standard InChI is InChI=1S/C30H32N8OS/c1-6-20(4)22-11-9-21(10-12-22)19-38-26(18-32)25(17-31)33-29(38)36-35-28-27(23-13-15-24(39-5)16-14-23)34-30(40-28)37(7-2)8-3/h9-16,20H,6-8,19H2,1-5H3. The number of hydrogen-bond donors (Lipinski definition) is 0. The average Bonchev–Trinajstić information content (AvgIpc) is 3.57. The molecule has 204 valence electrons. The largest absolute Gasteiger partial charge is 0.497 e. The molecule has 0 radical (unpaired) electrons. The first-order chi connectivity index (χ1) is 19.5. The van der Waals surface area contributed by atoms with E-state index in [2.05, 4.69) is 66.0 Å². The van der Waals surface area contributed by atoms with Gasteiger partial charge in [0.15, 0.2) is 21.5 Å². The molecule has 1 unspecified atom stereocenters. The zero-order valence-corrected chi connectivity index (χ0v) is 24.2. The molecule has 0 spiro atoms. The normalized spacial score (nSPS) is 11.8. The van der Waals surface area contributed by atoms with E-state index in [4.69, 9.17) is 9.72 Å². The Labute approximate surface area is 239 Å². The molecule has 0 N–H and O–H groups in total. The van der Waals surface area contributed by atoms with Crippen molar-refractivity contribution in [1.82, 2.24) is 14.5 Å². The molecule has 0 saturated carbocycles. The summed E-state index contributed by atoms with van der Waals surface area (Å²) in [6.45, 7) is 10.5. The van der Waals surface area contributed by atoms with E-state index in [0.717, 1.165) is 41.5 Å². The number of methoxy groups -OCH3 is 1. The molecule has 2 aromatic heterocycles. The summed E-state index contributed by atoms with van der Waals surface area (Å²) in [6.07, 6.45) is 1.06. The second-order valence-corrected chi connectivity index (χ2v) is 10.2. The number of ether oxygens (including phenoxy) is 1. The van der Waals surface area contributed by atoms with Gasteiger partial charge in [-0.05, 0) is 61.6 Å². The first-order valence-corrected chi connectivity index (χ1v) is 14.1. The smallest absolute Gasteiger partial charge is 0.252 e. The number of thiazole rings is 1. The van der Waals surface area contributed by atoms with E-state index in [9.17, 15) is 10.5 Å². The van der Waals surface area contributed by atoms with E-state index in [0.29, 0.717) is 23.2 Å². The Kier molecular flexibility index (Phi) is 9.26. The second-order valence-electron chi connectivity index (χ2n) is 9.22. The van der Waals surface area contributed by atoms with Gasteiger partial charge in [-0.3, -0.25) is 4.57 Å². The zero-order chi connectivity index (χ0) is 28.6. The highest BCUT2D eigenvalue weighted by Gasteiger charge is 2.20. The van der Waals surface area contributed by atoms with Crippen molar-refractivity contribution >= 4 is 27.4 Å². The van der Waals surface area contributed by atoms with Gasteiger partial charge in [0.2, 0.25) is 0 Å². The first kappa shape index (κ1) is 28.5. The maximum absolute atomic E-state index is 9.85. The molecule has 40 heavy (non-hydrogen) atoms. The molecule has 2 aromatic carbocycles. The molecule has 0 aliphatic heterocycles.